The van der Waals surface area contributed by atoms with E-state index in [0.717, 1.165) is 0 Å². The van der Waals surface area contributed by atoms with E-state index in [4.69, 9.17) is 9.84 Å². The SMILES string of the molecule is C=C(C)C(=O)OCC[N+](C)(C)CC(=O)O. The molecule has 0 radical (unpaired) electrons. The molecule has 0 aromatic heterocycles. The Hall–Kier alpha value is -1.36. The third-order valence-corrected chi connectivity index (χ3v) is 1.84. The van der Waals surface area contributed by atoms with Crippen LogP contribution >= 0.6 is 0 Å². The maximum Gasteiger partial charge on any atom is 0.359 e. The molecule has 0 aliphatic heterocycles. The van der Waals surface area contributed by atoms with Crippen LogP contribution in [0.15, 0.2) is 12.2 Å². The second-order valence-electron chi connectivity index (χ2n) is 4.13. The van der Waals surface area contributed by atoms with Gasteiger partial charge in [-0.3, -0.25) is 0 Å². The zero-order valence-corrected chi connectivity index (χ0v) is 9.45. The minimum atomic E-state index is -0.869. The number of carbonyl (C=O) groups is 2. The van der Waals surface area contributed by atoms with Crippen LogP contribution in [0.2, 0.25) is 0 Å². The standard InChI is InChI=1S/C10H17NO4/c1-8(2)10(14)15-6-5-11(3,4)7-9(12)13/h1,5-7H2,2-4H3/p+1. The molecule has 5 heteroatoms. The number of carboxylic acid groups (broad SMARTS) is 1. The van der Waals surface area contributed by atoms with Crippen LogP contribution in [-0.2, 0) is 14.3 Å². The van der Waals surface area contributed by atoms with Gasteiger partial charge in [0.15, 0.2) is 6.54 Å². The molecule has 0 heterocycles. The Labute approximate surface area is 89.5 Å². The molecular formula is C10H18NO4+. The Balaban J connectivity index is 3.89. The zero-order chi connectivity index (χ0) is 12.1. The van der Waals surface area contributed by atoms with Crippen LogP contribution in [0, 0.1) is 0 Å². The lowest BCUT2D eigenvalue weighted by Crippen LogP contribution is -2.46. The van der Waals surface area contributed by atoms with Crippen molar-refractivity contribution in [3.63, 3.8) is 0 Å². The second kappa shape index (κ2) is 5.50. The highest BCUT2D eigenvalue weighted by molar-refractivity contribution is 5.86. The van der Waals surface area contributed by atoms with E-state index in [0.29, 0.717) is 12.1 Å². The molecule has 0 bridgehead atoms. The minimum Gasteiger partial charge on any atom is -0.477 e. The van der Waals surface area contributed by atoms with Crippen molar-refractivity contribution in [3.05, 3.63) is 12.2 Å². The van der Waals surface area contributed by atoms with Crippen molar-refractivity contribution >= 4 is 11.9 Å². The van der Waals surface area contributed by atoms with Gasteiger partial charge in [0.1, 0.15) is 13.2 Å². The van der Waals surface area contributed by atoms with Crippen molar-refractivity contribution in [1.29, 1.82) is 0 Å². The maximum absolute atomic E-state index is 11.0. The highest BCUT2D eigenvalue weighted by atomic mass is 16.5. The normalized spacial score (nSPS) is 10.9. The molecule has 0 saturated carbocycles. The zero-order valence-electron chi connectivity index (χ0n) is 9.45. The molecule has 0 saturated heterocycles. The first-order valence-electron chi connectivity index (χ1n) is 4.61. The largest absolute Gasteiger partial charge is 0.477 e. The van der Waals surface area contributed by atoms with Gasteiger partial charge in [-0.2, -0.15) is 0 Å². The number of carboxylic acids is 1. The summed E-state index contributed by atoms with van der Waals surface area (Å²) in [6, 6.07) is 0. The number of aliphatic carboxylic acids is 1. The number of ether oxygens (including phenoxy) is 1. The van der Waals surface area contributed by atoms with Crippen LogP contribution in [0.5, 0.6) is 0 Å². The minimum absolute atomic E-state index is 0.00459. The molecule has 86 valence electrons. The fourth-order valence-corrected chi connectivity index (χ4v) is 0.954. The van der Waals surface area contributed by atoms with Gasteiger partial charge in [0, 0.05) is 5.57 Å². The molecule has 5 nitrogen and oxygen atoms in total. The van der Waals surface area contributed by atoms with Gasteiger partial charge in [0.2, 0.25) is 0 Å². The van der Waals surface area contributed by atoms with Gasteiger partial charge < -0.3 is 14.3 Å². The first kappa shape index (κ1) is 13.6. The third-order valence-electron chi connectivity index (χ3n) is 1.84. The van der Waals surface area contributed by atoms with Crippen LogP contribution in [-0.4, -0.2) is 55.3 Å². The molecule has 0 unspecified atom stereocenters. The van der Waals surface area contributed by atoms with Gasteiger partial charge in [0.05, 0.1) is 14.1 Å². The maximum atomic E-state index is 11.0. The Morgan fingerprint density at radius 2 is 1.93 bits per heavy atom. The summed E-state index contributed by atoms with van der Waals surface area (Å²) in [6.45, 7) is 5.68. The van der Waals surface area contributed by atoms with Gasteiger partial charge in [-0.05, 0) is 6.92 Å². The fraction of sp³-hybridized carbons (Fsp3) is 0.600. The predicted molar refractivity (Wildman–Crippen MR) is 55.3 cm³/mol. The van der Waals surface area contributed by atoms with Crippen molar-refractivity contribution in [2.24, 2.45) is 0 Å². The van der Waals surface area contributed by atoms with E-state index in [-0.39, 0.29) is 17.6 Å². The lowest BCUT2D eigenvalue weighted by Gasteiger charge is -2.27. The highest BCUT2D eigenvalue weighted by Crippen LogP contribution is 1.98. The number of quaternary nitrogens is 1. The average Bonchev–Trinajstić information content (AvgIpc) is 2.00. The Kier molecular flexibility index (Phi) is 5.00. The summed E-state index contributed by atoms with van der Waals surface area (Å²) in [5, 5.41) is 8.61. The topological polar surface area (TPSA) is 63.6 Å². The molecule has 0 aliphatic rings. The quantitative estimate of drug-likeness (QED) is 0.393. The predicted octanol–water partition coefficient (Wildman–Crippen LogP) is 0.267. The lowest BCUT2D eigenvalue weighted by atomic mass is 10.4. The Morgan fingerprint density at radius 1 is 1.40 bits per heavy atom. The first-order chi connectivity index (χ1) is 6.74. The average molecular weight is 216 g/mol. The van der Waals surface area contributed by atoms with Crippen LogP contribution in [0.4, 0.5) is 0 Å². The highest BCUT2D eigenvalue weighted by Gasteiger charge is 2.19. The summed E-state index contributed by atoms with van der Waals surface area (Å²) in [7, 11) is 3.53. The van der Waals surface area contributed by atoms with Gasteiger partial charge in [-0.1, -0.05) is 6.58 Å². The number of hydrogen-bond donors (Lipinski definition) is 1. The summed E-state index contributed by atoms with van der Waals surface area (Å²) in [4.78, 5) is 21.5. The van der Waals surface area contributed by atoms with E-state index in [1.807, 2.05) is 0 Å². The summed E-state index contributed by atoms with van der Waals surface area (Å²) in [5.74, 6) is -1.31. The molecule has 0 fully saturated rings. The molecule has 15 heavy (non-hydrogen) atoms. The molecule has 1 N–H and O–H groups in total. The summed E-state index contributed by atoms with van der Waals surface area (Å²) >= 11 is 0. The number of hydrogen-bond acceptors (Lipinski definition) is 3. The lowest BCUT2D eigenvalue weighted by molar-refractivity contribution is -0.883. The fourth-order valence-electron chi connectivity index (χ4n) is 0.954. The number of likely N-dealkylation sites (N-methyl/N-ethyl adjacent to an activating group) is 1. The van der Waals surface area contributed by atoms with E-state index in [2.05, 4.69) is 6.58 Å². The molecule has 0 amide bonds. The molecule has 0 aliphatic carbocycles. The smallest absolute Gasteiger partial charge is 0.359 e. The van der Waals surface area contributed by atoms with E-state index >= 15 is 0 Å². The summed E-state index contributed by atoms with van der Waals surface area (Å²) in [5.41, 5.74) is 0.346. The van der Waals surface area contributed by atoms with Crippen molar-refractivity contribution in [3.8, 4) is 0 Å². The summed E-state index contributed by atoms with van der Waals surface area (Å²) < 4.78 is 5.15. The van der Waals surface area contributed by atoms with Crippen LogP contribution < -0.4 is 0 Å². The van der Waals surface area contributed by atoms with E-state index in [1.54, 1.807) is 21.0 Å². The number of rotatable bonds is 6. The van der Waals surface area contributed by atoms with Crippen molar-refractivity contribution < 1.29 is 23.9 Å². The second-order valence-corrected chi connectivity index (χ2v) is 4.13. The van der Waals surface area contributed by atoms with Crippen LogP contribution in [0.1, 0.15) is 6.92 Å². The van der Waals surface area contributed by atoms with Gasteiger partial charge in [-0.25, -0.2) is 9.59 Å². The van der Waals surface area contributed by atoms with Crippen LogP contribution in [0.3, 0.4) is 0 Å². The van der Waals surface area contributed by atoms with Crippen molar-refractivity contribution in [2.75, 3.05) is 33.8 Å². The molecule has 0 aromatic rings. The molecular weight excluding hydrogens is 198 g/mol. The van der Waals surface area contributed by atoms with Gasteiger partial charge >= 0.3 is 11.9 Å². The van der Waals surface area contributed by atoms with Crippen LogP contribution in [0.25, 0.3) is 0 Å². The van der Waals surface area contributed by atoms with Crippen molar-refractivity contribution in [1.82, 2.24) is 0 Å². The van der Waals surface area contributed by atoms with E-state index < -0.39 is 11.9 Å². The van der Waals surface area contributed by atoms with E-state index in [1.165, 1.54) is 0 Å². The molecule has 0 spiro atoms. The van der Waals surface area contributed by atoms with Gasteiger partial charge in [-0.15, -0.1) is 0 Å². The first-order valence-corrected chi connectivity index (χ1v) is 4.61. The molecule has 0 aromatic carbocycles. The summed E-state index contributed by atoms with van der Waals surface area (Å²) in [6.07, 6.45) is 0. The molecule has 0 rings (SSSR count). The van der Waals surface area contributed by atoms with E-state index in [9.17, 15) is 9.59 Å². The Bertz CT molecular complexity index is 271. The third kappa shape index (κ3) is 6.68. The monoisotopic (exact) mass is 216 g/mol. The number of carbonyl (C=O) groups excluding carboxylic acids is 1. The number of esters is 1. The van der Waals surface area contributed by atoms with Gasteiger partial charge in [0.25, 0.3) is 0 Å². The number of nitrogens with zero attached hydrogens (tertiary/aromatic N) is 1. The van der Waals surface area contributed by atoms with Crippen molar-refractivity contribution in [2.45, 2.75) is 6.92 Å². The Morgan fingerprint density at radius 3 is 2.33 bits per heavy atom. The molecule has 0 atom stereocenters.